The first-order valence-electron chi connectivity index (χ1n) is 6.29. The second-order valence-corrected chi connectivity index (χ2v) is 7.01. The molecule has 1 aromatic carbocycles. The van der Waals surface area contributed by atoms with Gasteiger partial charge in [0, 0.05) is 33.5 Å². The first-order valence-corrected chi connectivity index (χ1v) is 8.18. The Labute approximate surface area is 130 Å². The number of hydrogen-bond donors (Lipinski definition) is 2. The summed E-state index contributed by atoms with van der Waals surface area (Å²) in [6, 6.07) is 6.31. The standard InChI is InChI=1S/C13H19N3O3S2/c1-16(2)13(17)7-8-15-21(18,19)11-5-3-10(4-6-11)9-12(14)20/h3-6,15H,7-9H2,1-2H3,(H2,14,20). The number of thiocarbonyl (C=S) groups is 1. The van der Waals surface area contributed by atoms with Crippen LogP contribution < -0.4 is 10.5 Å². The number of hydrogen-bond acceptors (Lipinski definition) is 4. The number of amides is 1. The second kappa shape index (κ2) is 7.48. The smallest absolute Gasteiger partial charge is 0.240 e. The van der Waals surface area contributed by atoms with Gasteiger partial charge < -0.3 is 10.6 Å². The largest absolute Gasteiger partial charge is 0.393 e. The molecule has 21 heavy (non-hydrogen) atoms. The molecule has 6 nitrogen and oxygen atoms in total. The lowest BCUT2D eigenvalue weighted by Gasteiger charge is -2.11. The van der Waals surface area contributed by atoms with Gasteiger partial charge in [0.15, 0.2) is 0 Å². The summed E-state index contributed by atoms with van der Waals surface area (Å²) in [6.45, 7) is 0.0635. The molecule has 1 aromatic rings. The number of nitrogens with zero attached hydrogens (tertiary/aromatic N) is 1. The predicted octanol–water partition coefficient (Wildman–Crippen LogP) is 0.272. The summed E-state index contributed by atoms with van der Waals surface area (Å²) in [5, 5.41) is 0. The fraction of sp³-hybridized carbons (Fsp3) is 0.385. The number of carbonyl (C=O) groups excluding carboxylic acids is 1. The van der Waals surface area contributed by atoms with Crippen LogP contribution in [0.4, 0.5) is 0 Å². The maximum Gasteiger partial charge on any atom is 0.240 e. The molecule has 0 radical (unpaired) electrons. The van der Waals surface area contributed by atoms with Crippen LogP contribution in [-0.2, 0) is 21.2 Å². The van der Waals surface area contributed by atoms with E-state index in [1.165, 1.54) is 17.0 Å². The van der Waals surface area contributed by atoms with E-state index in [0.717, 1.165) is 5.56 Å². The average Bonchev–Trinajstić information content (AvgIpc) is 2.38. The van der Waals surface area contributed by atoms with Gasteiger partial charge in [-0.2, -0.15) is 0 Å². The zero-order valence-electron chi connectivity index (χ0n) is 12.0. The zero-order valence-corrected chi connectivity index (χ0v) is 13.6. The molecule has 0 aliphatic heterocycles. The highest BCUT2D eigenvalue weighted by Gasteiger charge is 2.14. The van der Waals surface area contributed by atoms with Crippen molar-refractivity contribution in [2.24, 2.45) is 5.73 Å². The van der Waals surface area contributed by atoms with E-state index in [2.05, 4.69) is 4.72 Å². The minimum absolute atomic E-state index is 0.0635. The summed E-state index contributed by atoms with van der Waals surface area (Å²) in [4.78, 5) is 13.3. The molecule has 3 N–H and O–H groups in total. The fourth-order valence-electron chi connectivity index (χ4n) is 1.59. The molecule has 8 heteroatoms. The van der Waals surface area contributed by atoms with Crippen LogP contribution in [0.25, 0.3) is 0 Å². The molecule has 0 bridgehead atoms. The highest BCUT2D eigenvalue weighted by Crippen LogP contribution is 2.11. The summed E-state index contributed by atoms with van der Waals surface area (Å²) in [6.07, 6.45) is 0.548. The van der Waals surface area contributed by atoms with Crippen LogP contribution in [0.1, 0.15) is 12.0 Å². The fourth-order valence-corrected chi connectivity index (χ4v) is 2.79. The van der Waals surface area contributed by atoms with Gasteiger partial charge in [-0.25, -0.2) is 13.1 Å². The molecule has 1 amide bonds. The van der Waals surface area contributed by atoms with Gasteiger partial charge in [0.1, 0.15) is 0 Å². The normalized spacial score (nSPS) is 11.1. The van der Waals surface area contributed by atoms with Gasteiger partial charge in [0.25, 0.3) is 0 Å². The van der Waals surface area contributed by atoms with Gasteiger partial charge in [0.2, 0.25) is 15.9 Å². The highest BCUT2D eigenvalue weighted by molar-refractivity contribution is 7.89. The van der Waals surface area contributed by atoms with Gasteiger partial charge in [-0.05, 0) is 17.7 Å². The Kier molecular flexibility index (Phi) is 6.25. The molecule has 1 rings (SSSR count). The maximum absolute atomic E-state index is 12.0. The van der Waals surface area contributed by atoms with Gasteiger partial charge in [-0.15, -0.1) is 0 Å². The molecule has 0 heterocycles. The summed E-state index contributed by atoms with van der Waals surface area (Å²) < 4.78 is 26.5. The Hall–Kier alpha value is -1.51. The maximum atomic E-state index is 12.0. The Morgan fingerprint density at radius 2 is 1.86 bits per heavy atom. The SMILES string of the molecule is CN(C)C(=O)CCNS(=O)(=O)c1ccc(CC(N)=S)cc1. The third-order valence-electron chi connectivity index (χ3n) is 2.74. The lowest BCUT2D eigenvalue weighted by molar-refractivity contribution is -0.128. The molecule has 0 saturated heterocycles. The third-order valence-corrected chi connectivity index (χ3v) is 4.36. The van der Waals surface area contributed by atoms with Crippen LogP contribution in [0.15, 0.2) is 29.2 Å². The number of benzene rings is 1. The molecule has 0 aromatic heterocycles. The van der Waals surface area contributed by atoms with Gasteiger partial charge in [-0.1, -0.05) is 24.4 Å². The molecule has 0 fully saturated rings. The van der Waals surface area contributed by atoms with E-state index in [1.54, 1.807) is 26.2 Å². The van der Waals surface area contributed by atoms with E-state index in [1.807, 2.05) is 0 Å². The molecule has 116 valence electrons. The van der Waals surface area contributed by atoms with E-state index in [0.29, 0.717) is 11.4 Å². The number of rotatable bonds is 7. The highest BCUT2D eigenvalue weighted by atomic mass is 32.2. The van der Waals surface area contributed by atoms with Crippen LogP contribution in [0.2, 0.25) is 0 Å². The number of nitrogens with one attached hydrogen (secondary N) is 1. The van der Waals surface area contributed by atoms with Crippen LogP contribution in [0.3, 0.4) is 0 Å². The Bertz CT molecular complexity index is 610. The molecule has 0 atom stereocenters. The molecular weight excluding hydrogens is 310 g/mol. The first kappa shape index (κ1) is 17.5. The molecule has 0 aliphatic carbocycles. The third kappa shape index (κ3) is 5.78. The van der Waals surface area contributed by atoms with Crippen molar-refractivity contribution in [2.45, 2.75) is 17.7 Å². The van der Waals surface area contributed by atoms with Crippen molar-refractivity contribution in [1.82, 2.24) is 9.62 Å². The van der Waals surface area contributed by atoms with Crippen molar-refractivity contribution >= 4 is 33.1 Å². The zero-order chi connectivity index (χ0) is 16.0. The average molecular weight is 329 g/mol. The summed E-state index contributed by atoms with van der Waals surface area (Å²) in [5.74, 6) is -0.135. The van der Waals surface area contributed by atoms with Crippen molar-refractivity contribution < 1.29 is 13.2 Å². The Morgan fingerprint density at radius 1 is 1.29 bits per heavy atom. The van der Waals surface area contributed by atoms with E-state index >= 15 is 0 Å². The van der Waals surface area contributed by atoms with Crippen molar-refractivity contribution in [2.75, 3.05) is 20.6 Å². The van der Waals surface area contributed by atoms with Crippen LogP contribution >= 0.6 is 12.2 Å². The second-order valence-electron chi connectivity index (χ2n) is 4.72. The summed E-state index contributed by atoms with van der Waals surface area (Å²) in [7, 11) is -0.367. The van der Waals surface area contributed by atoms with Gasteiger partial charge in [-0.3, -0.25) is 4.79 Å². The molecule has 0 aliphatic rings. The summed E-state index contributed by atoms with van der Waals surface area (Å²) in [5.41, 5.74) is 6.28. The minimum Gasteiger partial charge on any atom is -0.393 e. The predicted molar refractivity (Wildman–Crippen MR) is 85.4 cm³/mol. The van der Waals surface area contributed by atoms with Crippen molar-refractivity contribution in [1.29, 1.82) is 0 Å². The van der Waals surface area contributed by atoms with Crippen LogP contribution in [-0.4, -0.2) is 44.9 Å². The van der Waals surface area contributed by atoms with E-state index in [9.17, 15) is 13.2 Å². The first-order chi connectivity index (χ1) is 9.72. The number of carbonyl (C=O) groups is 1. The molecular formula is C13H19N3O3S2. The molecule has 0 spiro atoms. The molecule has 0 unspecified atom stereocenters. The quantitative estimate of drug-likeness (QED) is 0.701. The lowest BCUT2D eigenvalue weighted by Crippen LogP contribution is -2.30. The summed E-state index contributed by atoms with van der Waals surface area (Å²) >= 11 is 4.80. The van der Waals surface area contributed by atoms with Crippen molar-refractivity contribution in [3.8, 4) is 0 Å². The van der Waals surface area contributed by atoms with Crippen molar-refractivity contribution in [3.63, 3.8) is 0 Å². The van der Waals surface area contributed by atoms with Gasteiger partial charge >= 0.3 is 0 Å². The molecule has 0 saturated carbocycles. The number of nitrogens with two attached hydrogens (primary N) is 1. The topological polar surface area (TPSA) is 92.5 Å². The van der Waals surface area contributed by atoms with Gasteiger partial charge in [0.05, 0.1) is 9.88 Å². The Balaban J connectivity index is 2.66. The van der Waals surface area contributed by atoms with Crippen LogP contribution in [0.5, 0.6) is 0 Å². The Morgan fingerprint density at radius 3 is 2.33 bits per heavy atom. The monoisotopic (exact) mass is 329 g/mol. The van der Waals surface area contributed by atoms with Crippen LogP contribution in [0, 0.1) is 0 Å². The minimum atomic E-state index is -3.61. The van der Waals surface area contributed by atoms with E-state index < -0.39 is 10.0 Å². The van der Waals surface area contributed by atoms with Crippen molar-refractivity contribution in [3.05, 3.63) is 29.8 Å². The van der Waals surface area contributed by atoms with E-state index in [4.69, 9.17) is 18.0 Å². The lowest BCUT2D eigenvalue weighted by atomic mass is 10.1. The van der Waals surface area contributed by atoms with E-state index in [-0.39, 0.29) is 23.8 Å². The number of sulfonamides is 1.